The zero-order chi connectivity index (χ0) is 21.1. The van der Waals surface area contributed by atoms with Crippen LogP contribution in [0.2, 0.25) is 0 Å². The van der Waals surface area contributed by atoms with E-state index >= 15 is 0 Å². The summed E-state index contributed by atoms with van der Waals surface area (Å²) in [6, 6.07) is 8.27. The molecule has 12 heteroatoms. The number of sulfonamides is 1. The lowest BCUT2D eigenvalue weighted by Crippen LogP contribution is -2.34. The normalized spacial score (nSPS) is 11.7. The van der Waals surface area contributed by atoms with E-state index in [1.165, 1.54) is 31.2 Å². The molecule has 0 bridgehead atoms. The van der Waals surface area contributed by atoms with E-state index in [0.717, 1.165) is 18.2 Å². The van der Waals surface area contributed by atoms with Gasteiger partial charge in [0.25, 0.3) is 21.6 Å². The molecule has 0 fully saturated rings. The first-order chi connectivity index (χ1) is 12.9. The van der Waals surface area contributed by atoms with Crippen LogP contribution in [0.5, 0.6) is 0 Å². The monoisotopic (exact) mass is 417 g/mol. The summed E-state index contributed by atoms with van der Waals surface area (Å²) in [7, 11) is -4.34. The van der Waals surface area contributed by atoms with Gasteiger partial charge in [0.05, 0.1) is 21.1 Å². The maximum Gasteiger partial charge on any atom is 0.405 e. The number of carbonyl (C=O) groups excluding carboxylic acids is 1. The standard InChI is InChI=1S/C16H14F3N3O5S/c1-10-6-7-11(8-14(10)22(24)25)28(26,27)21-13-5-3-2-4-12(13)15(23)20-9-16(17,18)19/h2-8,21H,9H2,1H3,(H,20,23). The van der Waals surface area contributed by atoms with E-state index in [1.807, 2.05) is 0 Å². The molecule has 0 saturated heterocycles. The van der Waals surface area contributed by atoms with E-state index in [-0.39, 0.29) is 16.8 Å². The van der Waals surface area contributed by atoms with Crippen molar-refractivity contribution in [3.05, 3.63) is 63.7 Å². The van der Waals surface area contributed by atoms with E-state index < -0.39 is 44.2 Å². The van der Waals surface area contributed by atoms with Crippen LogP contribution in [-0.2, 0) is 10.0 Å². The number of nitrogens with one attached hydrogen (secondary N) is 2. The summed E-state index contributed by atoms with van der Waals surface area (Å²) in [5, 5.41) is 12.6. The number of benzene rings is 2. The first-order valence-corrected chi connectivity index (χ1v) is 9.11. The van der Waals surface area contributed by atoms with Gasteiger partial charge in [-0.1, -0.05) is 18.2 Å². The number of aryl methyl sites for hydroxylation is 1. The molecule has 0 aliphatic heterocycles. The molecule has 0 aliphatic rings. The van der Waals surface area contributed by atoms with Crippen molar-refractivity contribution in [2.75, 3.05) is 11.3 Å². The Morgan fingerprint density at radius 2 is 1.82 bits per heavy atom. The molecule has 2 rings (SSSR count). The van der Waals surface area contributed by atoms with Gasteiger partial charge in [-0.2, -0.15) is 13.2 Å². The molecule has 0 unspecified atom stereocenters. The SMILES string of the molecule is Cc1ccc(S(=O)(=O)Nc2ccccc2C(=O)NCC(F)(F)F)cc1[N+](=O)[O-]. The molecular weight excluding hydrogens is 403 g/mol. The van der Waals surface area contributed by atoms with E-state index in [1.54, 1.807) is 5.32 Å². The van der Waals surface area contributed by atoms with Crippen LogP contribution in [0.3, 0.4) is 0 Å². The molecule has 2 aromatic carbocycles. The predicted molar refractivity (Wildman–Crippen MR) is 93.5 cm³/mol. The molecule has 0 saturated carbocycles. The highest BCUT2D eigenvalue weighted by Crippen LogP contribution is 2.25. The predicted octanol–water partition coefficient (Wildman–Crippen LogP) is 3.00. The summed E-state index contributed by atoms with van der Waals surface area (Å²) in [5.41, 5.74) is -0.780. The van der Waals surface area contributed by atoms with Gasteiger partial charge in [-0.25, -0.2) is 8.42 Å². The summed E-state index contributed by atoms with van der Waals surface area (Å²) in [6.45, 7) is -0.153. The lowest BCUT2D eigenvalue weighted by molar-refractivity contribution is -0.385. The van der Waals surface area contributed by atoms with Crippen molar-refractivity contribution < 1.29 is 31.3 Å². The number of anilines is 1. The van der Waals surface area contributed by atoms with Crippen molar-refractivity contribution in [2.24, 2.45) is 0 Å². The van der Waals surface area contributed by atoms with Crippen LogP contribution >= 0.6 is 0 Å². The van der Waals surface area contributed by atoms with Gasteiger partial charge in [-0.3, -0.25) is 19.6 Å². The second-order valence-corrected chi connectivity index (χ2v) is 7.34. The molecule has 1 amide bonds. The number of halogens is 3. The number of alkyl halides is 3. The minimum atomic E-state index is -4.63. The van der Waals surface area contributed by atoms with Gasteiger partial charge in [0, 0.05) is 11.6 Å². The molecule has 0 heterocycles. The maximum absolute atomic E-state index is 12.5. The fraction of sp³-hybridized carbons (Fsp3) is 0.188. The smallest absolute Gasteiger partial charge is 0.343 e. The molecule has 0 radical (unpaired) electrons. The van der Waals surface area contributed by atoms with Gasteiger partial charge in [0.2, 0.25) is 0 Å². The van der Waals surface area contributed by atoms with Crippen molar-refractivity contribution in [1.29, 1.82) is 0 Å². The van der Waals surface area contributed by atoms with Crippen LogP contribution in [0.4, 0.5) is 24.5 Å². The molecule has 0 spiro atoms. The van der Waals surface area contributed by atoms with E-state index in [2.05, 4.69) is 4.72 Å². The van der Waals surface area contributed by atoms with Crippen LogP contribution < -0.4 is 10.0 Å². The Kier molecular flexibility index (Phi) is 5.92. The van der Waals surface area contributed by atoms with Crippen molar-refractivity contribution in [3.63, 3.8) is 0 Å². The Hall–Kier alpha value is -3.15. The molecule has 28 heavy (non-hydrogen) atoms. The Morgan fingerprint density at radius 3 is 2.43 bits per heavy atom. The topological polar surface area (TPSA) is 118 Å². The lowest BCUT2D eigenvalue weighted by Gasteiger charge is -2.13. The fourth-order valence-electron chi connectivity index (χ4n) is 2.20. The fourth-order valence-corrected chi connectivity index (χ4v) is 3.30. The Bertz CT molecular complexity index is 1020. The molecule has 2 N–H and O–H groups in total. The van der Waals surface area contributed by atoms with Crippen molar-refractivity contribution in [1.82, 2.24) is 5.32 Å². The Balaban J connectivity index is 2.34. The van der Waals surface area contributed by atoms with Gasteiger partial charge in [-0.05, 0) is 25.1 Å². The van der Waals surface area contributed by atoms with Crippen LogP contribution in [0.15, 0.2) is 47.4 Å². The number of hydrogen-bond donors (Lipinski definition) is 2. The average molecular weight is 417 g/mol. The second-order valence-electron chi connectivity index (χ2n) is 5.65. The van der Waals surface area contributed by atoms with Crippen LogP contribution in [0.1, 0.15) is 15.9 Å². The summed E-state index contributed by atoms with van der Waals surface area (Å²) in [6.07, 6.45) is -4.63. The minimum absolute atomic E-state index is 0.246. The molecule has 150 valence electrons. The Morgan fingerprint density at radius 1 is 1.18 bits per heavy atom. The van der Waals surface area contributed by atoms with Crippen LogP contribution in [0.25, 0.3) is 0 Å². The van der Waals surface area contributed by atoms with E-state index in [4.69, 9.17) is 0 Å². The largest absolute Gasteiger partial charge is 0.405 e. The van der Waals surface area contributed by atoms with E-state index in [9.17, 15) is 36.5 Å². The average Bonchev–Trinajstić information content (AvgIpc) is 2.59. The van der Waals surface area contributed by atoms with Crippen LogP contribution in [0, 0.1) is 17.0 Å². The number of carbonyl (C=O) groups is 1. The minimum Gasteiger partial charge on any atom is -0.343 e. The molecular formula is C16H14F3N3O5S. The van der Waals surface area contributed by atoms with Crippen LogP contribution in [-0.4, -0.2) is 32.0 Å². The van der Waals surface area contributed by atoms with Gasteiger partial charge in [0.15, 0.2) is 0 Å². The van der Waals surface area contributed by atoms with Crippen molar-refractivity contribution in [3.8, 4) is 0 Å². The highest BCUT2D eigenvalue weighted by atomic mass is 32.2. The number of nitrogens with zero attached hydrogens (tertiary/aromatic N) is 1. The van der Waals surface area contributed by atoms with E-state index in [0.29, 0.717) is 0 Å². The molecule has 0 atom stereocenters. The number of nitro groups is 1. The summed E-state index contributed by atoms with van der Waals surface area (Å²) in [5.74, 6) is -1.13. The third kappa shape index (κ3) is 5.19. The highest BCUT2D eigenvalue weighted by Gasteiger charge is 2.29. The first kappa shape index (κ1) is 21.2. The number of para-hydroxylation sites is 1. The zero-order valence-corrected chi connectivity index (χ0v) is 15.1. The number of hydrogen-bond acceptors (Lipinski definition) is 5. The van der Waals surface area contributed by atoms with Gasteiger partial charge < -0.3 is 5.32 Å². The third-order valence-corrected chi connectivity index (χ3v) is 4.92. The van der Waals surface area contributed by atoms with Crippen molar-refractivity contribution >= 4 is 27.3 Å². The molecule has 2 aromatic rings. The first-order valence-electron chi connectivity index (χ1n) is 7.62. The van der Waals surface area contributed by atoms with Gasteiger partial charge in [0.1, 0.15) is 6.54 Å². The summed E-state index contributed by atoms with van der Waals surface area (Å²) < 4.78 is 64.0. The summed E-state index contributed by atoms with van der Waals surface area (Å²) >= 11 is 0. The lowest BCUT2D eigenvalue weighted by atomic mass is 10.1. The molecule has 8 nitrogen and oxygen atoms in total. The number of amides is 1. The zero-order valence-electron chi connectivity index (χ0n) is 14.3. The van der Waals surface area contributed by atoms with Crippen molar-refractivity contribution in [2.45, 2.75) is 18.0 Å². The van der Waals surface area contributed by atoms with Gasteiger partial charge >= 0.3 is 6.18 Å². The molecule has 0 aliphatic carbocycles. The quantitative estimate of drug-likeness (QED) is 0.553. The second kappa shape index (κ2) is 7.84. The van der Waals surface area contributed by atoms with Gasteiger partial charge in [-0.15, -0.1) is 0 Å². The Labute approximate surface area is 157 Å². The summed E-state index contributed by atoms with van der Waals surface area (Å²) in [4.78, 5) is 21.8. The number of nitro benzene ring substituents is 1. The number of rotatable bonds is 6. The highest BCUT2D eigenvalue weighted by molar-refractivity contribution is 7.92. The molecule has 0 aromatic heterocycles. The maximum atomic E-state index is 12.5. The third-order valence-electron chi connectivity index (χ3n) is 3.55.